The molecule has 4 nitrogen and oxygen atoms in total. The molecule has 0 aliphatic heterocycles. The number of hydrogen-bond acceptors (Lipinski definition) is 4. The molecule has 0 aromatic carbocycles. The first-order valence-electron chi connectivity index (χ1n) is 16.9. The van der Waals surface area contributed by atoms with Gasteiger partial charge in [0, 0.05) is 6.42 Å². The molecule has 1 unspecified atom stereocenters. The number of unbranched alkanes of at least 4 members (excludes halogenated alkanes) is 13. The van der Waals surface area contributed by atoms with Crippen molar-refractivity contribution < 1.29 is 19.1 Å². The molecule has 39 heavy (non-hydrogen) atoms. The van der Waals surface area contributed by atoms with Gasteiger partial charge >= 0.3 is 213 Å². The molecule has 0 aliphatic carbocycles. The Morgan fingerprint density at radius 1 is 0.615 bits per heavy atom. The number of hydrogen-bond donors (Lipinski definition) is 0. The number of carbonyl (C=O) groups excluding carboxylic acids is 2. The van der Waals surface area contributed by atoms with Crippen LogP contribution in [0.15, 0.2) is 10.2 Å². The van der Waals surface area contributed by atoms with Gasteiger partial charge in [0.15, 0.2) is 0 Å². The van der Waals surface area contributed by atoms with Gasteiger partial charge in [-0.3, -0.25) is 4.79 Å². The summed E-state index contributed by atoms with van der Waals surface area (Å²) in [6, 6.07) is 0. The molecule has 0 rings (SSSR count). The molecule has 0 aliphatic rings. The number of carbonyl (C=O) groups is 2. The zero-order valence-corrected chi connectivity index (χ0v) is 29.7. The first-order valence-corrected chi connectivity index (χ1v) is 24.6. The normalized spacial score (nSPS) is 12.6. The van der Waals surface area contributed by atoms with E-state index >= 15 is 0 Å². The number of ether oxygens (including phenoxy) is 2. The van der Waals surface area contributed by atoms with Crippen molar-refractivity contribution in [1.82, 2.24) is 0 Å². The molecule has 0 fully saturated rings. The molecule has 0 amide bonds. The zero-order chi connectivity index (χ0) is 29.0. The molecular weight excluding hydrogens is 591 g/mol. The Hall–Kier alpha value is -0.521. The van der Waals surface area contributed by atoms with Gasteiger partial charge in [0.2, 0.25) is 0 Å². The summed E-state index contributed by atoms with van der Waals surface area (Å²) in [6.45, 7) is 9.14. The zero-order valence-electron chi connectivity index (χ0n) is 26.8. The summed E-state index contributed by atoms with van der Waals surface area (Å²) < 4.78 is 17.4. The molecule has 230 valence electrons. The SMILES string of the molecule is CCCCCCC(CCCCCCCCCCC(=O)OC)OC(=O)/C=[CH]\[Sn]([CH2]CCC)([CH2]CCC)[CH2]CCC. The Balaban J connectivity index is 4.74. The first kappa shape index (κ1) is 38.5. The summed E-state index contributed by atoms with van der Waals surface area (Å²) in [5.41, 5.74) is 0. The molecule has 0 bridgehead atoms. The number of esters is 2. The van der Waals surface area contributed by atoms with E-state index < -0.39 is 18.4 Å². The van der Waals surface area contributed by atoms with E-state index in [1.165, 1.54) is 110 Å². The quantitative estimate of drug-likeness (QED) is 0.0364. The second kappa shape index (κ2) is 27.6. The van der Waals surface area contributed by atoms with Crippen LogP contribution in [-0.4, -0.2) is 43.5 Å². The van der Waals surface area contributed by atoms with Crippen molar-refractivity contribution in [1.29, 1.82) is 0 Å². The van der Waals surface area contributed by atoms with Crippen LogP contribution in [0.1, 0.15) is 163 Å². The van der Waals surface area contributed by atoms with Crippen molar-refractivity contribution in [3.05, 3.63) is 10.2 Å². The van der Waals surface area contributed by atoms with Gasteiger partial charge in [0.1, 0.15) is 0 Å². The summed E-state index contributed by atoms with van der Waals surface area (Å²) >= 11 is -2.46. The van der Waals surface area contributed by atoms with Crippen LogP contribution in [0.4, 0.5) is 0 Å². The molecule has 1 atom stereocenters. The molecule has 0 aromatic rings. The second-order valence-corrected chi connectivity index (χ2v) is 24.9. The third-order valence-electron chi connectivity index (χ3n) is 8.20. The van der Waals surface area contributed by atoms with Crippen molar-refractivity contribution >= 4 is 30.3 Å². The van der Waals surface area contributed by atoms with Crippen LogP contribution in [0.25, 0.3) is 0 Å². The standard InChI is InChI=1S/C22H39O4.3C4H9.Sn/c1-4-6-7-14-17-20(26-21(23)5-2)18-15-12-10-8-9-11-13-16-19-22(24)25-3;3*1-3-4-2;/h2,5,20H,4,6-19H2,1,3H3;3*1,3-4H2,2H3;. The van der Waals surface area contributed by atoms with Gasteiger partial charge < -0.3 is 4.74 Å². The average molecular weight is 658 g/mol. The molecule has 0 aromatic heterocycles. The van der Waals surface area contributed by atoms with E-state index in [2.05, 4.69) is 31.8 Å². The number of methoxy groups -OCH3 is 1. The Morgan fingerprint density at radius 2 is 1.05 bits per heavy atom. The van der Waals surface area contributed by atoms with Crippen LogP contribution in [0.5, 0.6) is 0 Å². The fourth-order valence-electron chi connectivity index (χ4n) is 5.52. The van der Waals surface area contributed by atoms with Gasteiger partial charge in [-0.1, -0.05) is 6.42 Å². The second-order valence-electron chi connectivity index (χ2n) is 11.9. The van der Waals surface area contributed by atoms with Crippen LogP contribution in [0.3, 0.4) is 0 Å². The third kappa shape index (κ3) is 22.8. The van der Waals surface area contributed by atoms with E-state index in [9.17, 15) is 9.59 Å². The van der Waals surface area contributed by atoms with Crippen LogP contribution in [0.2, 0.25) is 13.3 Å². The van der Waals surface area contributed by atoms with Crippen molar-refractivity contribution in [2.24, 2.45) is 0 Å². The monoisotopic (exact) mass is 658 g/mol. The van der Waals surface area contributed by atoms with Crippen molar-refractivity contribution in [3.63, 3.8) is 0 Å². The maximum absolute atomic E-state index is 13.0. The summed E-state index contributed by atoms with van der Waals surface area (Å²) in [4.78, 5) is 24.2. The van der Waals surface area contributed by atoms with Crippen LogP contribution in [0, 0.1) is 0 Å². The number of rotatable bonds is 28. The third-order valence-corrected chi connectivity index (χ3v) is 22.3. The van der Waals surface area contributed by atoms with Gasteiger partial charge in [-0.05, 0) is 6.42 Å². The Kier molecular flexibility index (Phi) is 27.3. The Labute approximate surface area is 247 Å². The van der Waals surface area contributed by atoms with Gasteiger partial charge in [0.25, 0.3) is 0 Å². The molecular formula is C34H66O4Sn. The van der Waals surface area contributed by atoms with E-state index in [1.54, 1.807) is 0 Å². The molecule has 0 N–H and O–H groups in total. The first-order chi connectivity index (χ1) is 19.0. The van der Waals surface area contributed by atoms with Crippen molar-refractivity contribution in [2.75, 3.05) is 7.11 Å². The van der Waals surface area contributed by atoms with Crippen molar-refractivity contribution in [3.8, 4) is 0 Å². The maximum atomic E-state index is 13.0. The van der Waals surface area contributed by atoms with E-state index in [0.29, 0.717) is 6.42 Å². The molecule has 0 saturated carbocycles. The van der Waals surface area contributed by atoms with E-state index in [-0.39, 0.29) is 18.0 Å². The predicted octanol–water partition coefficient (Wildman–Crippen LogP) is 10.9. The van der Waals surface area contributed by atoms with Crippen molar-refractivity contribution in [2.45, 2.75) is 182 Å². The molecule has 5 heteroatoms. The van der Waals surface area contributed by atoms with Gasteiger partial charge in [-0.15, -0.1) is 0 Å². The van der Waals surface area contributed by atoms with Gasteiger partial charge in [-0.25, -0.2) is 0 Å². The van der Waals surface area contributed by atoms with Crippen LogP contribution in [-0.2, 0) is 19.1 Å². The van der Waals surface area contributed by atoms with E-state index in [1.807, 2.05) is 6.08 Å². The molecule has 0 spiro atoms. The Bertz CT molecular complexity index is 582. The topological polar surface area (TPSA) is 52.6 Å². The average Bonchev–Trinajstić information content (AvgIpc) is 2.95. The van der Waals surface area contributed by atoms with Crippen LogP contribution < -0.4 is 0 Å². The fraction of sp³-hybridized carbons (Fsp3) is 0.882. The van der Waals surface area contributed by atoms with E-state index in [4.69, 9.17) is 9.47 Å². The summed E-state index contributed by atoms with van der Waals surface area (Å²) in [7, 11) is 1.46. The Morgan fingerprint density at radius 3 is 1.51 bits per heavy atom. The van der Waals surface area contributed by atoms with Crippen LogP contribution >= 0.6 is 0 Å². The van der Waals surface area contributed by atoms with Gasteiger partial charge in [-0.2, -0.15) is 0 Å². The summed E-state index contributed by atoms with van der Waals surface area (Å²) in [5.74, 6) is -0.171. The minimum atomic E-state index is -2.46. The molecule has 0 radical (unpaired) electrons. The fourth-order valence-corrected chi connectivity index (χ4v) is 19.5. The van der Waals surface area contributed by atoms with E-state index in [0.717, 1.165) is 38.5 Å². The van der Waals surface area contributed by atoms with Gasteiger partial charge in [0.05, 0.1) is 7.11 Å². The predicted molar refractivity (Wildman–Crippen MR) is 171 cm³/mol. The molecule has 0 saturated heterocycles. The molecule has 0 heterocycles. The summed E-state index contributed by atoms with van der Waals surface area (Å²) in [6.07, 6.45) is 26.5. The summed E-state index contributed by atoms with van der Waals surface area (Å²) in [5, 5.41) is 0. The minimum absolute atomic E-state index is 0.0730.